The Morgan fingerprint density at radius 2 is 1.70 bits per heavy atom. The molecule has 1 amide bonds. The van der Waals surface area contributed by atoms with Crippen molar-refractivity contribution >= 4 is 11.9 Å². The molecule has 3 rings (SSSR count). The first-order valence-electron chi connectivity index (χ1n) is 8.69. The summed E-state index contributed by atoms with van der Waals surface area (Å²) in [5, 5.41) is 14.0. The van der Waals surface area contributed by atoms with Crippen LogP contribution in [0.3, 0.4) is 0 Å². The third-order valence-corrected chi connectivity index (χ3v) is 3.82. The van der Waals surface area contributed by atoms with E-state index in [-0.39, 0.29) is 5.91 Å². The molecule has 0 radical (unpaired) electrons. The zero-order valence-electron chi connectivity index (χ0n) is 15.8. The van der Waals surface area contributed by atoms with Gasteiger partial charge < -0.3 is 14.9 Å². The SMILES string of the molecule is Cc1noc(-c2ccccc2)c1C(=O)NCCc1ccncc1.O=C(O)C(F)(F)F. The number of aliphatic carboxylic acids is 1. The molecule has 10 heteroatoms. The summed E-state index contributed by atoms with van der Waals surface area (Å²) in [6, 6.07) is 13.4. The molecule has 0 unspecified atom stereocenters. The average Bonchev–Trinajstić information content (AvgIpc) is 3.11. The number of pyridine rings is 1. The maximum atomic E-state index is 12.5. The molecule has 158 valence electrons. The van der Waals surface area contributed by atoms with Gasteiger partial charge in [-0.05, 0) is 31.0 Å². The Bertz CT molecular complexity index is 974. The van der Waals surface area contributed by atoms with Crippen molar-refractivity contribution in [2.45, 2.75) is 19.5 Å². The molecule has 0 aliphatic rings. The lowest BCUT2D eigenvalue weighted by atomic mass is 10.1. The topological polar surface area (TPSA) is 105 Å². The van der Waals surface area contributed by atoms with Crippen LogP contribution in [0.4, 0.5) is 13.2 Å². The molecule has 0 saturated heterocycles. The lowest BCUT2D eigenvalue weighted by molar-refractivity contribution is -0.192. The van der Waals surface area contributed by atoms with E-state index >= 15 is 0 Å². The highest BCUT2D eigenvalue weighted by Gasteiger charge is 2.38. The monoisotopic (exact) mass is 421 g/mol. The Balaban J connectivity index is 0.000000396. The minimum absolute atomic E-state index is 0.170. The molecule has 0 bridgehead atoms. The number of amides is 1. The molecular formula is C20H18F3N3O4. The molecule has 0 aliphatic carbocycles. The Kier molecular flexibility index (Phi) is 7.68. The van der Waals surface area contributed by atoms with Crippen LogP contribution < -0.4 is 5.32 Å². The molecule has 0 spiro atoms. The molecule has 30 heavy (non-hydrogen) atoms. The number of carbonyl (C=O) groups is 2. The quantitative estimate of drug-likeness (QED) is 0.652. The molecule has 0 saturated carbocycles. The summed E-state index contributed by atoms with van der Waals surface area (Å²) < 4.78 is 37.1. The minimum atomic E-state index is -5.08. The van der Waals surface area contributed by atoms with Crippen molar-refractivity contribution < 1.29 is 32.4 Å². The van der Waals surface area contributed by atoms with Gasteiger partial charge in [-0.15, -0.1) is 0 Å². The van der Waals surface area contributed by atoms with Crippen LogP contribution in [0.15, 0.2) is 59.4 Å². The van der Waals surface area contributed by atoms with Gasteiger partial charge in [0, 0.05) is 24.5 Å². The summed E-state index contributed by atoms with van der Waals surface area (Å²) in [6.45, 7) is 2.31. The maximum absolute atomic E-state index is 12.5. The fourth-order valence-corrected chi connectivity index (χ4v) is 2.38. The van der Waals surface area contributed by atoms with Crippen molar-refractivity contribution in [3.8, 4) is 11.3 Å². The molecule has 0 aliphatic heterocycles. The van der Waals surface area contributed by atoms with Gasteiger partial charge in [-0.2, -0.15) is 13.2 Å². The Labute approximate surface area is 169 Å². The van der Waals surface area contributed by atoms with E-state index in [4.69, 9.17) is 14.4 Å². The number of hydrogen-bond acceptors (Lipinski definition) is 5. The van der Waals surface area contributed by atoms with Gasteiger partial charge in [0.1, 0.15) is 5.56 Å². The van der Waals surface area contributed by atoms with Gasteiger partial charge in [0.2, 0.25) is 0 Å². The summed E-state index contributed by atoms with van der Waals surface area (Å²) in [6.07, 6.45) is -0.844. The van der Waals surface area contributed by atoms with Crippen molar-refractivity contribution in [3.05, 3.63) is 71.7 Å². The van der Waals surface area contributed by atoms with Crippen molar-refractivity contribution in [2.75, 3.05) is 6.54 Å². The molecule has 0 atom stereocenters. The summed E-state index contributed by atoms with van der Waals surface area (Å²) >= 11 is 0. The largest absolute Gasteiger partial charge is 0.490 e. The fraction of sp³-hybridized carbons (Fsp3) is 0.200. The zero-order valence-corrected chi connectivity index (χ0v) is 15.8. The highest BCUT2D eigenvalue weighted by atomic mass is 19.4. The number of carboxylic acids is 1. The lowest BCUT2D eigenvalue weighted by Crippen LogP contribution is -2.26. The van der Waals surface area contributed by atoms with Crippen LogP contribution in [0, 0.1) is 6.92 Å². The molecular weight excluding hydrogens is 403 g/mol. The normalized spacial score (nSPS) is 10.7. The van der Waals surface area contributed by atoms with Crippen LogP contribution in [0.1, 0.15) is 21.6 Å². The van der Waals surface area contributed by atoms with Crippen molar-refractivity contribution in [2.24, 2.45) is 0 Å². The second-order valence-electron chi connectivity index (χ2n) is 6.00. The van der Waals surface area contributed by atoms with E-state index in [1.165, 1.54) is 0 Å². The Hall–Kier alpha value is -3.69. The number of hydrogen-bond donors (Lipinski definition) is 2. The van der Waals surface area contributed by atoms with Gasteiger partial charge in [-0.3, -0.25) is 9.78 Å². The molecule has 2 aromatic heterocycles. The van der Waals surface area contributed by atoms with Gasteiger partial charge in [-0.1, -0.05) is 35.5 Å². The number of aromatic nitrogens is 2. The Morgan fingerprint density at radius 1 is 1.10 bits per heavy atom. The molecule has 1 aromatic carbocycles. The number of nitrogens with zero attached hydrogens (tertiary/aromatic N) is 2. The van der Waals surface area contributed by atoms with Gasteiger partial charge in [-0.25, -0.2) is 4.79 Å². The summed E-state index contributed by atoms with van der Waals surface area (Å²) in [5.74, 6) is -2.42. The highest BCUT2D eigenvalue weighted by molar-refractivity contribution is 6.00. The fourth-order valence-electron chi connectivity index (χ4n) is 2.38. The predicted molar refractivity (Wildman–Crippen MR) is 101 cm³/mol. The van der Waals surface area contributed by atoms with Crippen LogP contribution >= 0.6 is 0 Å². The van der Waals surface area contributed by atoms with Crippen molar-refractivity contribution in [3.63, 3.8) is 0 Å². The van der Waals surface area contributed by atoms with Crippen LogP contribution in [0.2, 0.25) is 0 Å². The zero-order chi connectivity index (χ0) is 22.1. The molecule has 0 fully saturated rings. The van der Waals surface area contributed by atoms with E-state index in [1.807, 2.05) is 42.5 Å². The number of rotatable bonds is 5. The first-order valence-corrected chi connectivity index (χ1v) is 8.69. The number of carbonyl (C=O) groups excluding carboxylic acids is 1. The number of carboxylic acid groups (broad SMARTS) is 1. The van der Waals surface area contributed by atoms with Crippen LogP contribution in [-0.4, -0.2) is 39.8 Å². The first-order chi connectivity index (χ1) is 14.2. The van der Waals surface area contributed by atoms with E-state index < -0.39 is 12.1 Å². The highest BCUT2D eigenvalue weighted by Crippen LogP contribution is 2.25. The predicted octanol–water partition coefficient (Wildman–Crippen LogP) is 3.65. The third-order valence-electron chi connectivity index (χ3n) is 3.82. The van der Waals surface area contributed by atoms with Gasteiger partial charge in [0.05, 0.1) is 5.69 Å². The molecule has 2 N–H and O–H groups in total. The maximum Gasteiger partial charge on any atom is 0.490 e. The minimum Gasteiger partial charge on any atom is -0.475 e. The van der Waals surface area contributed by atoms with E-state index in [1.54, 1.807) is 19.3 Å². The summed E-state index contributed by atoms with van der Waals surface area (Å²) in [4.78, 5) is 25.4. The molecule has 7 nitrogen and oxygen atoms in total. The average molecular weight is 421 g/mol. The van der Waals surface area contributed by atoms with Gasteiger partial charge in [0.25, 0.3) is 5.91 Å². The number of aryl methyl sites for hydroxylation is 1. The van der Waals surface area contributed by atoms with Gasteiger partial charge >= 0.3 is 12.1 Å². The summed E-state index contributed by atoms with van der Waals surface area (Å²) in [7, 11) is 0. The standard InChI is InChI=1S/C18H17N3O2.C2HF3O2/c1-13-16(17(23-21-13)15-5-3-2-4-6-15)18(22)20-12-9-14-7-10-19-11-8-14;3-2(4,5)1(6)7/h2-8,10-11H,9,12H2,1H3,(H,20,22);(H,6,7). The van der Waals surface area contributed by atoms with E-state index in [0.29, 0.717) is 23.6 Å². The number of benzene rings is 1. The van der Waals surface area contributed by atoms with Crippen molar-refractivity contribution in [1.82, 2.24) is 15.5 Å². The second-order valence-corrected chi connectivity index (χ2v) is 6.00. The smallest absolute Gasteiger partial charge is 0.475 e. The van der Waals surface area contributed by atoms with E-state index in [9.17, 15) is 18.0 Å². The molecule has 2 heterocycles. The summed E-state index contributed by atoms with van der Waals surface area (Å²) in [5.41, 5.74) is 3.05. The number of nitrogens with one attached hydrogen (secondary N) is 1. The van der Waals surface area contributed by atoms with E-state index in [0.717, 1.165) is 17.5 Å². The Morgan fingerprint density at radius 3 is 2.27 bits per heavy atom. The van der Waals surface area contributed by atoms with Gasteiger partial charge in [0.15, 0.2) is 5.76 Å². The second kappa shape index (κ2) is 10.2. The van der Waals surface area contributed by atoms with Crippen LogP contribution in [-0.2, 0) is 11.2 Å². The van der Waals surface area contributed by atoms with Crippen LogP contribution in [0.25, 0.3) is 11.3 Å². The van der Waals surface area contributed by atoms with Crippen LogP contribution in [0.5, 0.6) is 0 Å². The van der Waals surface area contributed by atoms with E-state index in [2.05, 4.69) is 15.5 Å². The third kappa shape index (κ3) is 6.43. The first kappa shape index (κ1) is 22.6. The number of alkyl halides is 3. The molecule has 3 aromatic rings. The van der Waals surface area contributed by atoms with Crippen molar-refractivity contribution in [1.29, 1.82) is 0 Å². The lowest BCUT2D eigenvalue weighted by Gasteiger charge is -2.06. The number of halogens is 3.